The van der Waals surface area contributed by atoms with E-state index in [1.807, 2.05) is 36.4 Å². The molecule has 0 heterocycles. The lowest BCUT2D eigenvalue weighted by Crippen LogP contribution is -2.22. The molecule has 0 bridgehead atoms. The van der Waals surface area contributed by atoms with Crippen molar-refractivity contribution >= 4 is 0 Å². The Morgan fingerprint density at radius 2 is 1.43 bits per heavy atom. The Morgan fingerprint density at radius 3 is 2.09 bits per heavy atom. The fourth-order valence-electron chi connectivity index (χ4n) is 3.12. The average Bonchev–Trinajstić information content (AvgIpc) is 2.95. The summed E-state index contributed by atoms with van der Waals surface area (Å²) in [5.74, 6) is 0.262. The van der Waals surface area contributed by atoms with Gasteiger partial charge in [-0.2, -0.15) is 0 Å². The summed E-state index contributed by atoms with van der Waals surface area (Å²) in [6.45, 7) is 1.83. The van der Waals surface area contributed by atoms with Gasteiger partial charge in [0.1, 0.15) is 0 Å². The highest BCUT2D eigenvalue weighted by molar-refractivity contribution is 5.14. The normalized spacial score (nSPS) is 24.0. The Balaban J connectivity index is 1.47. The summed E-state index contributed by atoms with van der Waals surface area (Å²) in [5.41, 5.74) is 2.34. The van der Waals surface area contributed by atoms with Crippen molar-refractivity contribution in [2.75, 3.05) is 6.61 Å². The van der Waals surface area contributed by atoms with Crippen LogP contribution in [0, 0.1) is 5.92 Å². The molecule has 1 aliphatic rings. The largest absolute Gasteiger partial charge is 0.393 e. The number of aliphatic hydroxyl groups excluding tert-OH is 1. The summed E-state index contributed by atoms with van der Waals surface area (Å²) in [4.78, 5) is 0. The third-order valence-corrected chi connectivity index (χ3v) is 4.36. The van der Waals surface area contributed by atoms with Crippen molar-refractivity contribution in [2.24, 2.45) is 5.92 Å². The van der Waals surface area contributed by atoms with E-state index in [0.29, 0.717) is 26.2 Å². The molecule has 1 N–H and O–H groups in total. The monoisotopic (exact) mass is 312 g/mol. The van der Waals surface area contributed by atoms with Crippen molar-refractivity contribution in [2.45, 2.75) is 38.3 Å². The molecule has 1 saturated carbocycles. The quantitative estimate of drug-likeness (QED) is 0.849. The fourth-order valence-corrected chi connectivity index (χ4v) is 3.12. The molecule has 0 aromatic heterocycles. The van der Waals surface area contributed by atoms with Gasteiger partial charge < -0.3 is 14.6 Å². The second kappa shape index (κ2) is 8.25. The van der Waals surface area contributed by atoms with E-state index in [9.17, 15) is 5.11 Å². The minimum atomic E-state index is -0.277. The molecule has 3 rings (SSSR count). The third-order valence-electron chi connectivity index (χ3n) is 4.36. The molecule has 3 nitrogen and oxygen atoms in total. The van der Waals surface area contributed by atoms with E-state index < -0.39 is 0 Å². The first-order valence-electron chi connectivity index (χ1n) is 8.26. The van der Waals surface area contributed by atoms with Crippen molar-refractivity contribution < 1.29 is 14.6 Å². The number of hydrogen-bond acceptors (Lipinski definition) is 3. The Kier molecular flexibility index (Phi) is 5.81. The van der Waals surface area contributed by atoms with Crippen LogP contribution in [0.4, 0.5) is 0 Å². The molecule has 0 unspecified atom stereocenters. The maximum atomic E-state index is 9.95. The first-order chi connectivity index (χ1) is 11.3. The zero-order valence-electron chi connectivity index (χ0n) is 13.3. The van der Waals surface area contributed by atoms with Crippen LogP contribution in [0.3, 0.4) is 0 Å². The van der Waals surface area contributed by atoms with Gasteiger partial charge >= 0.3 is 0 Å². The maximum absolute atomic E-state index is 9.95. The second-order valence-electron chi connectivity index (χ2n) is 6.22. The molecule has 0 amide bonds. The fraction of sp³-hybridized carbons (Fsp3) is 0.400. The molecule has 3 heteroatoms. The average molecular weight is 312 g/mol. The summed E-state index contributed by atoms with van der Waals surface area (Å²) >= 11 is 0. The molecule has 0 aliphatic heterocycles. The first kappa shape index (κ1) is 16.2. The zero-order chi connectivity index (χ0) is 15.9. The van der Waals surface area contributed by atoms with Gasteiger partial charge in [0.2, 0.25) is 0 Å². The Labute approximate surface area is 137 Å². The van der Waals surface area contributed by atoms with Crippen molar-refractivity contribution in [3.63, 3.8) is 0 Å². The van der Waals surface area contributed by atoms with E-state index in [1.165, 1.54) is 5.56 Å². The van der Waals surface area contributed by atoms with Crippen LogP contribution in [0.15, 0.2) is 60.7 Å². The molecule has 0 spiro atoms. The second-order valence-corrected chi connectivity index (χ2v) is 6.22. The number of rotatable bonds is 7. The lowest BCUT2D eigenvalue weighted by atomic mass is 10.1. The van der Waals surface area contributed by atoms with Crippen LogP contribution in [-0.2, 0) is 22.7 Å². The van der Waals surface area contributed by atoms with E-state index in [2.05, 4.69) is 24.3 Å². The number of ether oxygens (including phenoxy) is 2. The van der Waals surface area contributed by atoms with Gasteiger partial charge in [0, 0.05) is 5.92 Å². The van der Waals surface area contributed by atoms with Crippen LogP contribution in [-0.4, -0.2) is 23.9 Å². The Bertz CT molecular complexity index is 570. The first-order valence-corrected chi connectivity index (χ1v) is 8.26. The number of hydrogen-bond donors (Lipinski definition) is 1. The van der Waals surface area contributed by atoms with Crippen LogP contribution < -0.4 is 0 Å². The molecule has 3 atom stereocenters. The van der Waals surface area contributed by atoms with Crippen LogP contribution in [0.2, 0.25) is 0 Å². The Hall–Kier alpha value is -1.68. The van der Waals surface area contributed by atoms with Gasteiger partial charge in [0.25, 0.3) is 0 Å². The molecule has 1 fully saturated rings. The van der Waals surface area contributed by atoms with Crippen LogP contribution in [0.5, 0.6) is 0 Å². The van der Waals surface area contributed by atoms with Crippen LogP contribution in [0.1, 0.15) is 24.0 Å². The molecule has 0 radical (unpaired) electrons. The standard InChI is InChI=1S/C20H24O3/c21-19-11-18(15-22-13-16-7-3-1-4-8-16)20(12-19)23-14-17-9-5-2-6-10-17/h1-10,18-21H,11-15H2/t18-,19+,20-/m0/s1. The molecule has 23 heavy (non-hydrogen) atoms. The summed E-state index contributed by atoms with van der Waals surface area (Å²) in [6, 6.07) is 20.3. The van der Waals surface area contributed by atoms with Crippen molar-refractivity contribution in [1.82, 2.24) is 0 Å². The van der Waals surface area contributed by atoms with Crippen LogP contribution in [0.25, 0.3) is 0 Å². The molecule has 1 aliphatic carbocycles. The number of benzene rings is 2. The van der Waals surface area contributed by atoms with Gasteiger partial charge in [-0.1, -0.05) is 60.7 Å². The minimum absolute atomic E-state index is 0.0704. The molecule has 0 saturated heterocycles. The topological polar surface area (TPSA) is 38.7 Å². The summed E-state index contributed by atoms with van der Waals surface area (Å²) in [7, 11) is 0. The summed E-state index contributed by atoms with van der Waals surface area (Å²) in [5, 5.41) is 9.95. The minimum Gasteiger partial charge on any atom is -0.393 e. The van der Waals surface area contributed by atoms with Crippen molar-refractivity contribution in [3.8, 4) is 0 Å². The zero-order valence-corrected chi connectivity index (χ0v) is 13.3. The SMILES string of the molecule is O[C@@H]1C[C@@H](COCc2ccccc2)[C@@H](OCc2ccccc2)C1. The van der Waals surface area contributed by atoms with Crippen molar-refractivity contribution in [3.05, 3.63) is 71.8 Å². The predicted octanol–water partition coefficient (Wildman–Crippen LogP) is 3.56. The Morgan fingerprint density at radius 1 is 0.826 bits per heavy atom. The molecule has 2 aromatic carbocycles. The lowest BCUT2D eigenvalue weighted by Gasteiger charge is -2.20. The van der Waals surface area contributed by atoms with E-state index in [-0.39, 0.29) is 18.1 Å². The smallest absolute Gasteiger partial charge is 0.0720 e. The van der Waals surface area contributed by atoms with E-state index >= 15 is 0 Å². The highest BCUT2D eigenvalue weighted by Crippen LogP contribution is 2.30. The van der Waals surface area contributed by atoms with Gasteiger partial charge in [-0.3, -0.25) is 0 Å². The highest BCUT2D eigenvalue weighted by Gasteiger charge is 2.34. The molecular weight excluding hydrogens is 288 g/mol. The molecule has 2 aromatic rings. The van der Waals surface area contributed by atoms with Gasteiger partial charge in [0.15, 0.2) is 0 Å². The van der Waals surface area contributed by atoms with E-state index in [0.717, 1.165) is 12.0 Å². The molecule has 122 valence electrons. The summed E-state index contributed by atoms with van der Waals surface area (Å²) < 4.78 is 11.9. The summed E-state index contributed by atoms with van der Waals surface area (Å²) in [6.07, 6.45) is 1.25. The maximum Gasteiger partial charge on any atom is 0.0720 e. The lowest BCUT2D eigenvalue weighted by molar-refractivity contribution is -0.0196. The number of aliphatic hydroxyl groups is 1. The molecular formula is C20H24O3. The van der Waals surface area contributed by atoms with Gasteiger partial charge in [-0.25, -0.2) is 0 Å². The highest BCUT2D eigenvalue weighted by atomic mass is 16.5. The van der Waals surface area contributed by atoms with E-state index in [1.54, 1.807) is 0 Å². The van der Waals surface area contributed by atoms with Gasteiger partial charge in [-0.05, 0) is 24.0 Å². The van der Waals surface area contributed by atoms with E-state index in [4.69, 9.17) is 9.47 Å². The van der Waals surface area contributed by atoms with Crippen molar-refractivity contribution in [1.29, 1.82) is 0 Å². The van der Waals surface area contributed by atoms with Gasteiger partial charge in [-0.15, -0.1) is 0 Å². The predicted molar refractivity (Wildman–Crippen MR) is 89.8 cm³/mol. The van der Waals surface area contributed by atoms with Gasteiger partial charge in [0.05, 0.1) is 32.0 Å². The van der Waals surface area contributed by atoms with Crippen LogP contribution >= 0.6 is 0 Å². The third kappa shape index (κ3) is 4.90.